The summed E-state index contributed by atoms with van der Waals surface area (Å²) in [4.78, 5) is 0. The van der Waals surface area contributed by atoms with Crippen molar-refractivity contribution < 1.29 is 56.8 Å². The molecule has 0 radical (unpaired) electrons. The summed E-state index contributed by atoms with van der Waals surface area (Å²) in [6.45, 7) is 15.5. The van der Waals surface area contributed by atoms with Gasteiger partial charge in [-0.2, -0.15) is 0 Å². The van der Waals surface area contributed by atoms with Gasteiger partial charge < -0.3 is 56.8 Å². The lowest BCUT2D eigenvalue weighted by Crippen LogP contribution is -2.15. The van der Waals surface area contributed by atoms with E-state index in [-0.39, 0.29) is 0 Å². The Morgan fingerprint density at radius 2 is 0.455 bits per heavy atom. The molecule has 0 aromatic heterocycles. The van der Waals surface area contributed by atoms with E-state index in [1.165, 1.54) is 25.7 Å². The maximum Gasteiger partial charge on any atom is 0.0701 e. The smallest absolute Gasteiger partial charge is 0.0701 e. The molecule has 0 N–H and O–H groups in total. The Hall–Kier alpha value is -0.190. The van der Waals surface area contributed by atoms with Crippen LogP contribution in [0.2, 0.25) is 0 Å². The van der Waals surface area contributed by atoms with Crippen LogP contribution in [0, 0.1) is 0 Å². The summed E-state index contributed by atoms with van der Waals surface area (Å²) in [6.07, 6.45) is 6.28. The maximum atomic E-state index is 5.56. The fourth-order valence-corrected chi connectivity index (χ4v) is 3.49. The zero-order valence-corrected chi connectivity index (χ0v) is 28.2. The summed E-state index contributed by atoms with van der Waals surface area (Å²) in [5, 5.41) is 0. The summed E-state index contributed by atoms with van der Waals surface area (Å²) >= 11 is 5.51. The van der Waals surface area contributed by atoms with Gasteiger partial charge in [0.05, 0.1) is 152 Å². The SMILES string of the molecule is CCCCCCCOCCOCCOCCOCCOCCOCCOCCOCCOCCOCCOCCOCCCl. The number of hydrogen-bond acceptors (Lipinski definition) is 12. The number of unbranched alkanes of at least 4 members (excludes halogenated alkanes) is 4. The molecule has 0 rings (SSSR count). The molecule has 0 aliphatic heterocycles. The quantitative estimate of drug-likeness (QED) is 0.0707. The van der Waals surface area contributed by atoms with Gasteiger partial charge in [0.25, 0.3) is 0 Å². The first kappa shape index (κ1) is 43.8. The van der Waals surface area contributed by atoms with Crippen molar-refractivity contribution in [2.24, 2.45) is 0 Å². The molecule has 0 aliphatic carbocycles. The molecule has 0 spiro atoms. The molecule has 0 amide bonds. The highest BCUT2D eigenvalue weighted by Gasteiger charge is 1.97. The van der Waals surface area contributed by atoms with E-state index < -0.39 is 0 Å². The number of ether oxygens (including phenoxy) is 12. The van der Waals surface area contributed by atoms with Crippen molar-refractivity contribution in [3.05, 3.63) is 0 Å². The number of rotatable bonds is 41. The molecule has 13 heteroatoms. The van der Waals surface area contributed by atoms with Crippen molar-refractivity contribution in [1.29, 1.82) is 0 Å². The zero-order valence-electron chi connectivity index (χ0n) is 27.5. The number of hydrogen-bond donors (Lipinski definition) is 0. The first-order valence-corrected chi connectivity index (χ1v) is 16.9. The fourth-order valence-electron chi connectivity index (χ4n) is 3.38. The summed E-state index contributed by atoms with van der Waals surface area (Å²) < 4.78 is 65.4. The van der Waals surface area contributed by atoms with Crippen LogP contribution in [0.5, 0.6) is 0 Å². The molecule has 0 fully saturated rings. The Balaban J connectivity index is 3.03. The minimum absolute atomic E-state index is 0.499. The first-order valence-electron chi connectivity index (χ1n) is 16.4. The van der Waals surface area contributed by atoms with Crippen LogP contribution in [0.15, 0.2) is 0 Å². The molecule has 0 unspecified atom stereocenters. The Kier molecular flexibility index (Phi) is 42.6. The molecule has 0 aliphatic rings. The molecule has 44 heavy (non-hydrogen) atoms. The summed E-state index contributed by atoms with van der Waals surface area (Å²) in [5.41, 5.74) is 0. The van der Waals surface area contributed by atoms with Crippen LogP contribution in [-0.2, 0) is 56.8 Å². The lowest BCUT2D eigenvalue weighted by atomic mass is 10.2. The van der Waals surface area contributed by atoms with Crippen molar-refractivity contribution in [2.45, 2.75) is 39.0 Å². The third-order valence-corrected chi connectivity index (χ3v) is 5.86. The van der Waals surface area contributed by atoms with Gasteiger partial charge in [-0.3, -0.25) is 0 Å². The van der Waals surface area contributed by atoms with Crippen molar-refractivity contribution in [1.82, 2.24) is 0 Å². The van der Waals surface area contributed by atoms with E-state index in [0.717, 1.165) is 13.0 Å². The molecule has 12 nitrogen and oxygen atoms in total. The zero-order chi connectivity index (χ0) is 31.7. The van der Waals surface area contributed by atoms with Crippen molar-refractivity contribution in [3.8, 4) is 0 Å². The predicted octanol–water partition coefficient (Wildman–Crippen LogP) is 3.39. The van der Waals surface area contributed by atoms with Crippen LogP contribution in [0.1, 0.15) is 39.0 Å². The van der Waals surface area contributed by atoms with Crippen molar-refractivity contribution in [3.63, 3.8) is 0 Å². The van der Waals surface area contributed by atoms with Gasteiger partial charge in [0.15, 0.2) is 0 Å². The number of alkyl halides is 1. The number of halogens is 1. The normalized spacial score (nSPS) is 11.6. The highest BCUT2D eigenvalue weighted by atomic mass is 35.5. The van der Waals surface area contributed by atoms with Gasteiger partial charge in [-0.1, -0.05) is 32.6 Å². The third kappa shape index (κ3) is 41.8. The summed E-state index contributed by atoms with van der Waals surface area (Å²) in [7, 11) is 0. The van der Waals surface area contributed by atoms with Gasteiger partial charge in [-0.05, 0) is 6.42 Å². The van der Waals surface area contributed by atoms with Crippen LogP contribution in [0.4, 0.5) is 0 Å². The van der Waals surface area contributed by atoms with Crippen LogP contribution >= 0.6 is 11.6 Å². The minimum atomic E-state index is 0.499. The molecule has 0 aromatic carbocycles. The highest BCUT2D eigenvalue weighted by Crippen LogP contribution is 2.02. The minimum Gasteiger partial charge on any atom is -0.379 e. The summed E-state index contributed by atoms with van der Waals surface area (Å²) in [6, 6.07) is 0. The van der Waals surface area contributed by atoms with E-state index in [9.17, 15) is 0 Å². The van der Waals surface area contributed by atoms with Gasteiger partial charge in [0.1, 0.15) is 0 Å². The molecule has 0 saturated carbocycles. The first-order chi connectivity index (χ1) is 21.9. The Labute approximate surface area is 271 Å². The Morgan fingerprint density at radius 3 is 0.682 bits per heavy atom. The van der Waals surface area contributed by atoms with Gasteiger partial charge in [-0.15, -0.1) is 11.6 Å². The second-order valence-electron chi connectivity index (χ2n) is 9.45. The van der Waals surface area contributed by atoms with Crippen LogP contribution in [0.25, 0.3) is 0 Å². The second-order valence-corrected chi connectivity index (χ2v) is 9.83. The van der Waals surface area contributed by atoms with Crippen LogP contribution < -0.4 is 0 Å². The molecule has 266 valence electrons. The lowest BCUT2D eigenvalue weighted by Gasteiger charge is -2.09. The van der Waals surface area contributed by atoms with Crippen molar-refractivity contribution in [2.75, 3.05) is 164 Å². The fraction of sp³-hybridized carbons (Fsp3) is 1.00. The molecule has 0 heterocycles. The van der Waals surface area contributed by atoms with Crippen molar-refractivity contribution >= 4 is 11.6 Å². The third-order valence-electron chi connectivity index (χ3n) is 5.71. The molecule has 0 atom stereocenters. The van der Waals surface area contributed by atoms with E-state index in [1.807, 2.05) is 0 Å². The van der Waals surface area contributed by atoms with Gasteiger partial charge in [0.2, 0.25) is 0 Å². The van der Waals surface area contributed by atoms with Gasteiger partial charge >= 0.3 is 0 Å². The predicted molar refractivity (Wildman–Crippen MR) is 169 cm³/mol. The van der Waals surface area contributed by atoms with E-state index in [0.29, 0.717) is 158 Å². The second kappa shape index (κ2) is 42.8. The van der Waals surface area contributed by atoms with E-state index >= 15 is 0 Å². The maximum absolute atomic E-state index is 5.56. The van der Waals surface area contributed by atoms with Gasteiger partial charge in [-0.25, -0.2) is 0 Å². The average molecular weight is 663 g/mol. The lowest BCUT2D eigenvalue weighted by molar-refractivity contribution is -0.0282. The molecule has 0 bridgehead atoms. The average Bonchev–Trinajstić information content (AvgIpc) is 3.04. The van der Waals surface area contributed by atoms with Gasteiger partial charge in [0, 0.05) is 12.5 Å². The Morgan fingerprint density at radius 1 is 0.250 bits per heavy atom. The topological polar surface area (TPSA) is 111 Å². The molecular formula is C31H63ClO12. The summed E-state index contributed by atoms with van der Waals surface area (Å²) in [5.74, 6) is 0.499. The monoisotopic (exact) mass is 662 g/mol. The molecule has 0 saturated heterocycles. The van der Waals surface area contributed by atoms with E-state index in [4.69, 9.17) is 68.4 Å². The van der Waals surface area contributed by atoms with E-state index in [1.54, 1.807) is 0 Å². The van der Waals surface area contributed by atoms with Crippen LogP contribution in [-0.4, -0.2) is 164 Å². The molecular weight excluding hydrogens is 600 g/mol. The standard InChI is InChI=1S/C31H63ClO12/c1-2-3-4-5-6-8-33-10-12-35-14-16-37-18-20-39-22-24-41-26-28-43-30-31-44-29-27-42-25-23-40-21-19-38-17-15-36-13-11-34-9-7-32/h2-31H2,1H3. The highest BCUT2D eigenvalue weighted by molar-refractivity contribution is 6.17. The van der Waals surface area contributed by atoms with Crippen LogP contribution in [0.3, 0.4) is 0 Å². The van der Waals surface area contributed by atoms with E-state index in [2.05, 4.69) is 6.92 Å². The molecule has 0 aromatic rings. The largest absolute Gasteiger partial charge is 0.379 e. The Bertz CT molecular complexity index is 455.